The molecule has 88 valence electrons. The molecule has 2 rings (SSSR count). The molecule has 0 aliphatic carbocycles. The number of amides is 1. The zero-order valence-electron chi connectivity index (χ0n) is 9.68. The van der Waals surface area contributed by atoms with E-state index in [1.54, 1.807) is 48.3 Å². The standard InChI is InChI=1S/C12H13N3O2/c1-15-7-6-13-12(15)14-11(16)9-4-3-5-10(8-9)17-2/h3-8H,1-2H3,(H,13,14,16). The number of benzene rings is 1. The van der Waals surface area contributed by atoms with Crippen LogP contribution < -0.4 is 10.1 Å². The predicted octanol–water partition coefficient (Wildman–Crippen LogP) is 1.68. The van der Waals surface area contributed by atoms with Gasteiger partial charge < -0.3 is 9.30 Å². The fourth-order valence-corrected chi connectivity index (χ4v) is 1.42. The Hall–Kier alpha value is -2.30. The summed E-state index contributed by atoms with van der Waals surface area (Å²) in [5, 5.41) is 2.72. The molecule has 1 amide bonds. The molecular formula is C12H13N3O2. The van der Waals surface area contributed by atoms with E-state index < -0.39 is 0 Å². The second-order valence-electron chi connectivity index (χ2n) is 3.55. The number of imidazole rings is 1. The predicted molar refractivity (Wildman–Crippen MR) is 64.2 cm³/mol. The van der Waals surface area contributed by atoms with E-state index in [1.165, 1.54) is 0 Å². The number of nitrogens with zero attached hydrogens (tertiary/aromatic N) is 2. The molecule has 0 saturated carbocycles. The Morgan fingerprint density at radius 1 is 1.47 bits per heavy atom. The number of rotatable bonds is 3. The lowest BCUT2D eigenvalue weighted by Gasteiger charge is -2.06. The summed E-state index contributed by atoms with van der Waals surface area (Å²) in [5.74, 6) is 0.952. The second kappa shape index (κ2) is 4.69. The van der Waals surface area contributed by atoms with E-state index in [0.717, 1.165) is 0 Å². The first-order valence-corrected chi connectivity index (χ1v) is 5.13. The first kappa shape index (κ1) is 11.2. The molecule has 1 aromatic heterocycles. The van der Waals surface area contributed by atoms with Gasteiger partial charge in [-0.2, -0.15) is 0 Å². The minimum atomic E-state index is -0.210. The Balaban J connectivity index is 2.17. The van der Waals surface area contributed by atoms with Crippen LogP contribution in [-0.2, 0) is 7.05 Å². The van der Waals surface area contributed by atoms with Gasteiger partial charge in [0.05, 0.1) is 7.11 Å². The fourth-order valence-electron chi connectivity index (χ4n) is 1.42. The second-order valence-corrected chi connectivity index (χ2v) is 3.55. The van der Waals surface area contributed by atoms with E-state index >= 15 is 0 Å². The number of carbonyl (C=O) groups excluding carboxylic acids is 1. The topological polar surface area (TPSA) is 56.1 Å². The van der Waals surface area contributed by atoms with Gasteiger partial charge in [0.1, 0.15) is 5.75 Å². The Bertz CT molecular complexity index is 534. The molecule has 0 atom stereocenters. The SMILES string of the molecule is COc1cccc(C(=O)Nc2nccn2C)c1. The highest BCUT2D eigenvalue weighted by molar-refractivity contribution is 6.03. The Morgan fingerprint density at radius 2 is 2.29 bits per heavy atom. The number of aryl methyl sites for hydroxylation is 1. The summed E-state index contributed by atoms with van der Waals surface area (Å²) in [6.07, 6.45) is 3.39. The number of carbonyl (C=O) groups is 1. The molecule has 17 heavy (non-hydrogen) atoms. The van der Waals surface area contributed by atoms with E-state index in [4.69, 9.17) is 4.74 Å². The Kier molecular flexibility index (Phi) is 3.09. The van der Waals surface area contributed by atoms with Crippen LogP contribution in [0.15, 0.2) is 36.7 Å². The van der Waals surface area contributed by atoms with Gasteiger partial charge in [0.25, 0.3) is 5.91 Å². The largest absolute Gasteiger partial charge is 0.497 e. The van der Waals surface area contributed by atoms with E-state index in [1.807, 2.05) is 7.05 Å². The summed E-state index contributed by atoms with van der Waals surface area (Å²) in [7, 11) is 3.38. The van der Waals surface area contributed by atoms with Crippen molar-refractivity contribution in [1.82, 2.24) is 9.55 Å². The maximum atomic E-state index is 11.9. The van der Waals surface area contributed by atoms with Crippen LogP contribution in [0.2, 0.25) is 0 Å². The molecule has 0 bridgehead atoms. The van der Waals surface area contributed by atoms with E-state index in [2.05, 4.69) is 10.3 Å². The molecule has 5 nitrogen and oxygen atoms in total. The zero-order valence-corrected chi connectivity index (χ0v) is 9.68. The minimum absolute atomic E-state index is 0.210. The van der Waals surface area contributed by atoms with Crippen molar-refractivity contribution in [2.75, 3.05) is 12.4 Å². The van der Waals surface area contributed by atoms with Crippen molar-refractivity contribution in [1.29, 1.82) is 0 Å². The van der Waals surface area contributed by atoms with Crippen LogP contribution in [-0.4, -0.2) is 22.6 Å². The number of methoxy groups -OCH3 is 1. The van der Waals surface area contributed by atoms with Gasteiger partial charge in [0.15, 0.2) is 0 Å². The molecule has 0 aliphatic rings. The lowest BCUT2D eigenvalue weighted by molar-refractivity contribution is 0.102. The van der Waals surface area contributed by atoms with Crippen molar-refractivity contribution in [3.05, 3.63) is 42.2 Å². The highest BCUT2D eigenvalue weighted by Gasteiger charge is 2.09. The summed E-state index contributed by atoms with van der Waals surface area (Å²) in [5.41, 5.74) is 0.535. The van der Waals surface area contributed by atoms with E-state index in [0.29, 0.717) is 17.3 Å². The summed E-state index contributed by atoms with van der Waals surface area (Å²) >= 11 is 0. The van der Waals surface area contributed by atoms with Gasteiger partial charge in [-0.05, 0) is 18.2 Å². The number of ether oxygens (including phenoxy) is 1. The lowest BCUT2D eigenvalue weighted by atomic mass is 10.2. The van der Waals surface area contributed by atoms with E-state index in [9.17, 15) is 4.79 Å². The van der Waals surface area contributed by atoms with Gasteiger partial charge in [-0.25, -0.2) is 4.98 Å². The maximum absolute atomic E-state index is 11.9. The van der Waals surface area contributed by atoms with E-state index in [-0.39, 0.29) is 5.91 Å². The number of anilines is 1. The van der Waals surface area contributed by atoms with Crippen LogP contribution in [0.4, 0.5) is 5.95 Å². The zero-order chi connectivity index (χ0) is 12.3. The number of nitrogens with one attached hydrogen (secondary N) is 1. The monoisotopic (exact) mass is 231 g/mol. The van der Waals surface area contributed by atoms with Crippen LogP contribution in [0.3, 0.4) is 0 Å². The smallest absolute Gasteiger partial charge is 0.258 e. The third-order valence-corrected chi connectivity index (χ3v) is 2.38. The molecule has 0 saturated heterocycles. The molecule has 0 radical (unpaired) electrons. The summed E-state index contributed by atoms with van der Waals surface area (Å²) in [4.78, 5) is 15.9. The summed E-state index contributed by atoms with van der Waals surface area (Å²) in [6, 6.07) is 6.96. The molecule has 0 spiro atoms. The third kappa shape index (κ3) is 2.44. The number of hydrogen-bond acceptors (Lipinski definition) is 3. The molecule has 0 fully saturated rings. The molecule has 2 aromatic rings. The maximum Gasteiger partial charge on any atom is 0.258 e. The average molecular weight is 231 g/mol. The van der Waals surface area contributed by atoms with Crippen LogP contribution in [0.1, 0.15) is 10.4 Å². The first-order valence-electron chi connectivity index (χ1n) is 5.13. The molecule has 1 aromatic carbocycles. The van der Waals surface area contributed by atoms with Gasteiger partial charge in [-0.15, -0.1) is 0 Å². The fraction of sp³-hybridized carbons (Fsp3) is 0.167. The minimum Gasteiger partial charge on any atom is -0.497 e. The Morgan fingerprint density at radius 3 is 2.94 bits per heavy atom. The number of hydrogen-bond donors (Lipinski definition) is 1. The highest BCUT2D eigenvalue weighted by Crippen LogP contribution is 2.13. The lowest BCUT2D eigenvalue weighted by Crippen LogP contribution is -2.14. The van der Waals surface area contributed by atoms with Crippen molar-refractivity contribution >= 4 is 11.9 Å². The van der Waals surface area contributed by atoms with Gasteiger partial charge in [0, 0.05) is 25.0 Å². The van der Waals surface area contributed by atoms with Crippen LogP contribution in [0, 0.1) is 0 Å². The van der Waals surface area contributed by atoms with Crippen molar-refractivity contribution < 1.29 is 9.53 Å². The van der Waals surface area contributed by atoms with Crippen LogP contribution in [0.25, 0.3) is 0 Å². The molecule has 0 unspecified atom stereocenters. The van der Waals surface area contributed by atoms with Crippen molar-refractivity contribution in [2.24, 2.45) is 7.05 Å². The van der Waals surface area contributed by atoms with Gasteiger partial charge >= 0.3 is 0 Å². The summed E-state index contributed by atoms with van der Waals surface area (Å²) < 4.78 is 6.80. The average Bonchev–Trinajstić information content (AvgIpc) is 2.75. The third-order valence-electron chi connectivity index (χ3n) is 2.38. The van der Waals surface area contributed by atoms with Gasteiger partial charge in [0.2, 0.25) is 5.95 Å². The highest BCUT2D eigenvalue weighted by atomic mass is 16.5. The van der Waals surface area contributed by atoms with Crippen molar-refractivity contribution in [2.45, 2.75) is 0 Å². The Labute approximate surface area is 99.0 Å². The van der Waals surface area contributed by atoms with Gasteiger partial charge in [-0.3, -0.25) is 10.1 Å². The summed E-state index contributed by atoms with van der Waals surface area (Å²) in [6.45, 7) is 0. The molecule has 1 heterocycles. The van der Waals surface area contributed by atoms with Crippen LogP contribution in [0.5, 0.6) is 5.75 Å². The van der Waals surface area contributed by atoms with Crippen LogP contribution >= 0.6 is 0 Å². The molecule has 1 N–H and O–H groups in total. The number of aromatic nitrogens is 2. The van der Waals surface area contributed by atoms with Crippen molar-refractivity contribution in [3.8, 4) is 5.75 Å². The molecular weight excluding hydrogens is 218 g/mol. The normalized spacial score (nSPS) is 10.0. The molecule has 0 aliphatic heterocycles. The quantitative estimate of drug-likeness (QED) is 0.874. The van der Waals surface area contributed by atoms with Gasteiger partial charge in [-0.1, -0.05) is 6.07 Å². The first-order chi connectivity index (χ1) is 8.20. The molecule has 5 heteroatoms. The van der Waals surface area contributed by atoms with Crippen molar-refractivity contribution in [3.63, 3.8) is 0 Å².